The Labute approximate surface area is 100 Å². The van der Waals surface area contributed by atoms with E-state index in [2.05, 4.69) is 4.98 Å². The number of hydrogen-bond acceptors (Lipinski definition) is 2. The summed E-state index contributed by atoms with van der Waals surface area (Å²) in [5.41, 5.74) is 7.24. The fourth-order valence-electron chi connectivity index (χ4n) is 1.85. The van der Waals surface area contributed by atoms with Crippen LogP contribution in [0.5, 0.6) is 0 Å². The van der Waals surface area contributed by atoms with E-state index in [9.17, 15) is 4.39 Å². The molecule has 0 bridgehead atoms. The van der Waals surface area contributed by atoms with Crippen LogP contribution in [0.25, 0.3) is 0 Å². The van der Waals surface area contributed by atoms with Crippen LogP contribution < -0.4 is 5.73 Å². The molecule has 0 aliphatic carbocycles. The molecule has 2 N–H and O–H groups in total. The Morgan fingerprint density at radius 1 is 1.29 bits per heavy atom. The van der Waals surface area contributed by atoms with Crippen molar-refractivity contribution in [3.8, 4) is 0 Å². The number of hydrogen-bond donors (Lipinski definition) is 1. The number of benzene rings is 1. The van der Waals surface area contributed by atoms with Crippen LogP contribution in [-0.4, -0.2) is 9.55 Å². The average Bonchev–Trinajstić information content (AvgIpc) is 2.69. The molecule has 0 amide bonds. The van der Waals surface area contributed by atoms with E-state index in [1.54, 1.807) is 6.07 Å². The molecule has 17 heavy (non-hydrogen) atoms. The maximum absolute atomic E-state index is 13.4. The van der Waals surface area contributed by atoms with Crippen molar-refractivity contribution in [2.45, 2.75) is 19.4 Å². The summed E-state index contributed by atoms with van der Waals surface area (Å²) in [6.07, 6.45) is 3.34. The standard InChI is InChI=1S/C13H16FN3/c1-17-9-11(16-13(17)8-15)7-6-10-4-2-3-5-12(10)14/h2-5,9H,6-8,15H2,1H3. The highest BCUT2D eigenvalue weighted by molar-refractivity contribution is 5.18. The van der Waals surface area contributed by atoms with Crippen LogP contribution in [0.3, 0.4) is 0 Å². The van der Waals surface area contributed by atoms with Crippen LogP contribution in [0.4, 0.5) is 4.39 Å². The highest BCUT2D eigenvalue weighted by Gasteiger charge is 2.05. The Morgan fingerprint density at radius 3 is 2.71 bits per heavy atom. The molecule has 0 radical (unpaired) electrons. The van der Waals surface area contributed by atoms with Gasteiger partial charge in [-0.05, 0) is 24.5 Å². The van der Waals surface area contributed by atoms with Gasteiger partial charge in [-0.2, -0.15) is 0 Å². The molecule has 0 atom stereocenters. The van der Waals surface area contributed by atoms with Crippen molar-refractivity contribution < 1.29 is 4.39 Å². The van der Waals surface area contributed by atoms with Crippen molar-refractivity contribution in [1.82, 2.24) is 9.55 Å². The first-order valence-electron chi connectivity index (χ1n) is 5.65. The second kappa shape index (κ2) is 5.10. The van der Waals surface area contributed by atoms with E-state index in [-0.39, 0.29) is 5.82 Å². The van der Waals surface area contributed by atoms with E-state index in [1.807, 2.05) is 29.9 Å². The van der Waals surface area contributed by atoms with E-state index in [0.717, 1.165) is 23.5 Å². The summed E-state index contributed by atoms with van der Waals surface area (Å²) in [5, 5.41) is 0. The van der Waals surface area contributed by atoms with Crippen LogP contribution in [-0.2, 0) is 26.4 Å². The van der Waals surface area contributed by atoms with Crippen LogP contribution in [0.2, 0.25) is 0 Å². The summed E-state index contributed by atoms with van der Waals surface area (Å²) in [6.45, 7) is 0.427. The van der Waals surface area contributed by atoms with Gasteiger partial charge < -0.3 is 10.3 Å². The topological polar surface area (TPSA) is 43.8 Å². The molecule has 90 valence electrons. The highest BCUT2D eigenvalue weighted by Crippen LogP contribution is 2.10. The molecular weight excluding hydrogens is 217 g/mol. The van der Waals surface area contributed by atoms with Crippen LogP contribution >= 0.6 is 0 Å². The summed E-state index contributed by atoms with van der Waals surface area (Å²) in [6, 6.07) is 6.84. The minimum Gasteiger partial charge on any atom is -0.337 e. The highest BCUT2D eigenvalue weighted by atomic mass is 19.1. The minimum absolute atomic E-state index is 0.150. The fraction of sp³-hybridized carbons (Fsp3) is 0.308. The third kappa shape index (κ3) is 2.71. The van der Waals surface area contributed by atoms with Crippen LogP contribution in [0.1, 0.15) is 17.1 Å². The van der Waals surface area contributed by atoms with E-state index in [1.165, 1.54) is 6.07 Å². The van der Waals surface area contributed by atoms with Gasteiger partial charge in [-0.1, -0.05) is 18.2 Å². The van der Waals surface area contributed by atoms with Gasteiger partial charge in [0.15, 0.2) is 0 Å². The Hall–Kier alpha value is -1.68. The van der Waals surface area contributed by atoms with Crippen LogP contribution in [0, 0.1) is 5.82 Å². The zero-order valence-electron chi connectivity index (χ0n) is 9.86. The Balaban J connectivity index is 2.05. The molecule has 0 aliphatic rings. The molecule has 1 aromatic carbocycles. The summed E-state index contributed by atoms with van der Waals surface area (Å²) >= 11 is 0. The van der Waals surface area contributed by atoms with Crippen LogP contribution in [0.15, 0.2) is 30.5 Å². The van der Waals surface area contributed by atoms with Gasteiger partial charge in [0.25, 0.3) is 0 Å². The SMILES string of the molecule is Cn1cc(CCc2ccccc2F)nc1CN. The number of aryl methyl sites for hydroxylation is 3. The molecule has 2 aromatic rings. The number of rotatable bonds is 4. The van der Waals surface area contributed by atoms with Gasteiger partial charge in [0.05, 0.1) is 12.2 Å². The second-order valence-corrected chi connectivity index (χ2v) is 4.05. The van der Waals surface area contributed by atoms with Gasteiger partial charge in [0.2, 0.25) is 0 Å². The van der Waals surface area contributed by atoms with E-state index >= 15 is 0 Å². The van der Waals surface area contributed by atoms with Crippen molar-refractivity contribution in [3.63, 3.8) is 0 Å². The number of nitrogens with two attached hydrogens (primary N) is 1. The predicted molar refractivity (Wildman–Crippen MR) is 64.9 cm³/mol. The number of halogens is 1. The zero-order chi connectivity index (χ0) is 12.3. The van der Waals surface area contributed by atoms with Gasteiger partial charge in [0, 0.05) is 13.2 Å². The predicted octanol–water partition coefficient (Wildman–Crippen LogP) is 1.80. The molecule has 1 heterocycles. The lowest BCUT2D eigenvalue weighted by molar-refractivity contribution is 0.608. The van der Waals surface area contributed by atoms with Gasteiger partial charge in [-0.25, -0.2) is 9.37 Å². The summed E-state index contributed by atoms with van der Waals surface area (Å²) in [7, 11) is 1.92. The third-order valence-electron chi connectivity index (χ3n) is 2.81. The second-order valence-electron chi connectivity index (χ2n) is 4.05. The van der Waals surface area contributed by atoms with E-state index in [4.69, 9.17) is 5.73 Å². The molecular formula is C13H16FN3. The quantitative estimate of drug-likeness (QED) is 0.875. The van der Waals surface area contributed by atoms with E-state index in [0.29, 0.717) is 13.0 Å². The Bertz CT molecular complexity index is 505. The molecule has 0 fully saturated rings. The number of imidazole rings is 1. The molecule has 0 spiro atoms. The minimum atomic E-state index is -0.150. The lowest BCUT2D eigenvalue weighted by Gasteiger charge is -2.00. The first kappa shape index (κ1) is 11.8. The smallest absolute Gasteiger partial charge is 0.126 e. The molecule has 1 aromatic heterocycles. The monoisotopic (exact) mass is 233 g/mol. The van der Waals surface area contributed by atoms with Crippen molar-refractivity contribution in [2.75, 3.05) is 0 Å². The Morgan fingerprint density at radius 2 is 2.06 bits per heavy atom. The summed E-state index contributed by atoms with van der Waals surface area (Å²) in [5.74, 6) is 0.705. The lowest BCUT2D eigenvalue weighted by atomic mass is 10.1. The van der Waals surface area contributed by atoms with Crippen molar-refractivity contribution in [2.24, 2.45) is 12.8 Å². The van der Waals surface area contributed by atoms with Gasteiger partial charge >= 0.3 is 0 Å². The maximum atomic E-state index is 13.4. The van der Waals surface area contributed by atoms with Crippen molar-refractivity contribution in [3.05, 3.63) is 53.4 Å². The van der Waals surface area contributed by atoms with E-state index < -0.39 is 0 Å². The van der Waals surface area contributed by atoms with Gasteiger partial charge in [-0.15, -0.1) is 0 Å². The number of nitrogens with zero attached hydrogens (tertiary/aromatic N) is 2. The molecule has 4 heteroatoms. The van der Waals surface area contributed by atoms with Crippen molar-refractivity contribution >= 4 is 0 Å². The molecule has 0 unspecified atom stereocenters. The molecule has 0 saturated heterocycles. The van der Waals surface area contributed by atoms with Gasteiger partial charge in [0.1, 0.15) is 11.6 Å². The molecule has 3 nitrogen and oxygen atoms in total. The normalized spacial score (nSPS) is 10.8. The zero-order valence-corrected chi connectivity index (χ0v) is 9.86. The number of aromatic nitrogens is 2. The first-order valence-corrected chi connectivity index (χ1v) is 5.65. The molecule has 0 aliphatic heterocycles. The first-order chi connectivity index (χ1) is 8.20. The summed E-state index contributed by atoms with van der Waals surface area (Å²) in [4.78, 5) is 4.39. The Kier molecular flexibility index (Phi) is 3.54. The summed E-state index contributed by atoms with van der Waals surface area (Å²) < 4.78 is 15.3. The fourth-order valence-corrected chi connectivity index (χ4v) is 1.85. The third-order valence-corrected chi connectivity index (χ3v) is 2.81. The molecule has 2 rings (SSSR count). The van der Waals surface area contributed by atoms with Crippen molar-refractivity contribution in [1.29, 1.82) is 0 Å². The lowest BCUT2D eigenvalue weighted by Crippen LogP contribution is -2.03. The maximum Gasteiger partial charge on any atom is 0.126 e. The largest absolute Gasteiger partial charge is 0.337 e. The average molecular weight is 233 g/mol. The van der Waals surface area contributed by atoms with Gasteiger partial charge in [-0.3, -0.25) is 0 Å². The molecule has 0 saturated carbocycles.